The first-order valence-corrected chi connectivity index (χ1v) is 5.75. The van der Waals surface area contributed by atoms with Gasteiger partial charge in [-0.15, -0.1) is 0 Å². The number of hydrogen-bond donors (Lipinski definition) is 1. The van der Waals surface area contributed by atoms with E-state index in [4.69, 9.17) is 14.6 Å². The van der Waals surface area contributed by atoms with Gasteiger partial charge < -0.3 is 14.6 Å². The number of hydrogen-bond acceptors (Lipinski definition) is 5. The van der Waals surface area contributed by atoms with Crippen molar-refractivity contribution >= 4 is 11.7 Å². The Bertz CT molecular complexity index is 511. The van der Waals surface area contributed by atoms with Crippen molar-refractivity contribution in [3.05, 3.63) is 28.3 Å². The Labute approximate surface area is 108 Å². The molecule has 1 aromatic rings. The molecule has 7 heteroatoms. The highest BCUT2D eigenvalue weighted by Gasteiger charge is 2.38. The monoisotopic (exact) mass is 267 g/mol. The molecule has 1 atom stereocenters. The molecule has 19 heavy (non-hydrogen) atoms. The van der Waals surface area contributed by atoms with Gasteiger partial charge in [0.1, 0.15) is 5.75 Å². The predicted molar refractivity (Wildman–Crippen MR) is 64.4 cm³/mol. The molecule has 0 heterocycles. The van der Waals surface area contributed by atoms with Crippen molar-refractivity contribution in [2.24, 2.45) is 5.92 Å². The van der Waals surface area contributed by atoms with Crippen LogP contribution in [0.1, 0.15) is 12.8 Å². The quantitative estimate of drug-likeness (QED) is 0.623. The van der Waals surface area contributed by atoms with Crippen molar-refractivity contribution in [1.82, 2.24) is 0 Å². The van der Waals surface area contributed by atoms with Crippen LogP contribution in [-0.2, 0) is 4.79 Å². The van der Waals surface area contributed by atoms with Crippen molar-refractivity contribution in [2.75, 3.05) is 7.11 Å². The maximum Gasteiger partial charge on any atom is 0.345 e. The third-order valence-electron chi connectivity index (χ3n) is 2.90. The molecule has 7 nitrogen and oxygen atoms in total. The lowest BCUT2D eigenvalue weighted by atomic mass is 10.2. The first-order valence-electron chi connectivity index (χ1n) is 5.75. The molecule has 0 aliphatic heterocycles. The molecule has 1 saturated carbocycles. The van der Waals surface area contributed by atoms with E-state index in [1.54, 1.807) is 0 Å². The van der Waals surface area contributed by atoms with Crippen LogP contribution in [0.5, 0.6) is 11.5 Å². The molecule has 0 aromatic heterocycles. The van der Waals surface area contributed by atoms with Gasteiger partial charge in [-0.2, -0.15) is 0 Å². The van der Waals surface area contributed by atoms with Crippen LogP contribution >= 0.6 is 0 Å². The molecule has 0 radical (unpaired) electrons. The van der Waals surface area contributed by atoms with Crippen LogP contribution in [0, 0.1) is 16.0 Å². The van der Waals surface area contributed by atoms with E-state index in [1.807, 2.05) is 0 Å². The Morgan fingerprint density at radius 1 is 1.53 bits per heavy atom. The van der Waals surface area contributed by atoms with Gasteiger partial charge in [0.2, 0.25) is 0 Å². The highest BCUT2D eigenvalue weighted by atomic mass is 16.6. The van der Waals surface area contributed by atoms with Gasteiger partial charge in [0, 0.05) is 5.92 Å². The minimum atomic E-state index is -1.05. The number of methoxy groups -OCH3 is 1. The Kier molecular flexibility index (Phi) is 3.55. The molecule has 0 bridgehead atoms. The number of carboxylic acids is 1. The first-order chi connectivity index (χ1) is 9.02. The van der Waals surface area contributed by atoms with E-state index in [-0.39, 0.29) is 23.1 Å². The second-order valence-corrected chi connectivity index (χ2v) is 4.30. The summed E-state index contributed by atoms with van der Waals surface area (Å²) < 4.78 is 10.2. The fourth-order valence-corrected chi connectivity index (χ4v) is 1.78. The van der Waals surface area contributed by atoms with Crippen LogP contribution in [0.2, 0.25) is 0 Å². The van der Waals surface area contributed by atoms with Gasteiger partial charge in [-0.3, -0.25) is 10.1 Å². The number of nitro benzene ring substituents is 1. The topological polar surface area (TPSA) is 98.9 Å². The van der Waals surface area contributed by atoms with Crippen molar-refractivity contribution in [3.8, 4) is 11.5 Å². The molecule has 1 unspecified atom stereocenters. The summed E-state index contributed by atoms with van der Waals surface area (Å²) >= 11 is 0. The first kappa shape index (κ1) is 13.1. The molecule has 0 saturated heterocycles. The molecule has 2 rings (SSSR count). The second kappa shape index (κ2) is 5.13. The van der Waals surface area contributed by atoms with E-state index in [0.717, 1.165) is 12.8 Å². The minimum Gasteiger partial charge on any atom is -0.490 e. The predicted octanol–water partition coefficient (Wildman–Crippen LogP) is 1.85. The van der Waals surface area contributed by atoms with Crippen molar-refractivity contribution < 1.29 is 24.3 Å². The number of rotatable bonds is 6. The van der Waals surface area contributed by atoms with E-state index in [1.165, 1.54) is 25.3 Å². The third-order valence-corrected chi connectivity index (χ3v) is 2.90. The lowest BCUT2D eigenvalue weighted by Crippen LogP contribution is -2.29. The zero-order valence-corrected chi connectivity index (χ0v) is 10.2. The summed E-state index contributed by atoms with van der Waals surface area (Å²) in [4.78, 5) is 21.3. The molecule has 1 aromatic carbocycles. The van der Waals surface area contributed by atoms with Gasteiger partial charge in [0.15, 0.2) is 11.9 Å². The largest absolute Gasteiger partial charge is 0.490 e. The molecule has 102 valence electrons. The van der Waals surface area contributed by atoms with Crippen LogP contribution in [0.3, 0.4) is 0 Å². The zero-order valence-electron chi connectivity index (χ0n) is 10.2. The van der Waals surface area contributed by atoms with E-state index in [0.29, 0.717) is 0 Å². The highest BCUT2D eigenvalue weighted by Crippen LogP contribution is 2.37. The molecular formula is C12H13NO6. The molecule has 0 spiro atoms. The Hall–Kier alpha value is -2.31. The zero-order chi connectivity index (χ0) is 14.0. The Balaban J connectivity index is 2.22. The van der Waals surface area contributed by atoms with Crippen molar-refractivity contribution in [1.29, 1.82) is 0 Å². The molecular weight excluding hydrogens is 254 g/mol. The second-order valence-electron chi connectivity index (χ2n) is 4.30. The van der Waals surface area contributed by atoms with Crippen LogP contribution in [0.25, 0.3) is 0 Å². The number of benzene rings is 1. The van der Waals surface area contributed by atoms with E-state index < -0.39 is 17.0 Å². The van der Waals surface area contributed by atoms with Gasteiger partial charge in [-0.1, -0.05) is 0 Å². The lowest BCUT2D eigenvalue weighted by Gasteiger charge is -2.14. The fraction of sp³-hybridized carbons (Fsp3) is 0.417. The summed E-state index contributed by atoms with van der Waals surface area (Å²) in [5.74, 6) is -0.804. The van der Waals surface area contributed by atoms with Gasteiger partial charge in [-0.25, -0.2) is 4.79 Å². The van der Waals surface area contributed by atoms with Crippen molar-refractivity contribution in [3.63, 3.8) is 0 Å². The summed E-state index contributed by atoms with van der Waals surface area (Å²) in [7, 11) is 1.33. The molecule has 0 amide bonds. The summed E-state index contributed by atoms with van der Waals surface area (Å²) in [6.45, 7) is 0. The third kappa shape index (κ3) is 2.93. The summed E-state index contributed by atoms with van der Waals surface area (Å²) in [5.41, 5.74) is -0.250. The number of aliphatic carboxylic acids is 1. The van der Waals surface area contributed by atoms with Gasteiger partial charge >= 0.3 is 11.7 Å². The van der Waals surface area contributed by atoms with Crippen LogP contribution in [0.4, 0.5) is 5.69 Å². The number of nitro groups is 1. The van der Waals surface area contributed by atoms with Crippen LogP contribution in [0.15, 0.2) is 18.2 Å². The summed E-state index contributed by atoms with van der Waals surface area (Å²) in [6, 6.07) is 4.03. The number of carbonyl (C=O) groups is 1. The minimum absolute atomic E-state index is 0.0151. The van der Waals surface area contributed by atoms with E-state index in [9.17, 15) is 14.9 Å². The normalized spacial score (nSPS) is 15.6. The molecule has 1 fully saturated rings. The van der Waals surface area contributed by atoms with Crippen molar-refractivity contribution in [2.45, 2.75) is 18.9 Å². The Morgan fingerprint density at radius 2 is 2.21 bits per heavy atom. The Morgan fingerprint density at radius 3 is 2.68 bits per heavy atom. The van der Waals surface area contributed by atoms with Gasteiger partial charge in [-0.05, 0) is 25.0 Å². The number of ether oxygens (including phenoxy) is 2. The standard InChI is InChI=1S/C12H13NO6/c1-18-10-5-4-8(6-9(10)13(16)17)19-11(12(14)15)7-2-3-7/h4-7,11H,2-3H2,1H3,(H,14,15). The highest BCUT2D eigenvalue weighted by molar-refractivity contribution is 5.73. The molecule has 1 N–H and O–H groups in total. The lowest BCUT2D eigenvalue weighted by molar-refractivity contribution is -0.385. The average Bonchev–Trinajstić information content (AvgIpc) is 3.19. The smallest absolute Gasteiger partial charge is 0.345 e. The summed E-state index contributed by atoms with van der Waals surface area (Å²) in [6.07, 6.45) is 0.651. The van der Waals surface area contributed by atoms with Crippen LogP contribution in [-0.4, -0.2) is 29.2 Å². The van der Waals surface area contributed by atoms with Crippen LogP contribution < -0.4 is 9.47 Å². The SMILES string of the molecule is COc1ccc(OC(C(=O)O)C2CC2)cc1[N+](=O)[O-]. The van der Waals surface area contributed by atoms with E-state index >= 15 is 0 Å². The number of carboxylic acid groups (broad SMARTS) is 1. The summed E-state index contributed by atoms with van der Waals surface area (Å²) in [5, 5.41) is 19.9. The van der Waals surface area contributed by atoms with Gasteiger partial charge in [0.25, 0.3) is 0 Å². The molecule has 1 aliphatic carbocycles. The number of nitrogens with zero attached hydrogens (tertiary/aromatic N) is 1. The average molecular weight is 267 g/mol. The van der Waals surface area contributed by atoms with E-state index in [2.05, 4.69) is 0 Å². The maximum absolute atomic E-state index is 11.0. The molecule has 1 aliphatic rings. The maximum atomic E-state index is 11.0. The fourth-order valence-electron chi connectivity index (χ4n) is 1.78. The van der Waals surface area contributed by atoms with Gasteiger partial charge in [0.05, 0.1) is 18.1 Å².